The second-order valence-corrected chi connectivity index (χ2v) is 7.01. The number of methoxy groups -OCH3 is 1. The molecule has 2 aliphatic heterocycles. The first-order valence-corrected chi connectivity index (χ1v) is 8.51. The summed E-state index contributed by atoms with van der Waals surface area (Å²) in [6.07, 6.45) is 1.84. The molecule has 2 aliphatic rings. The number of ether oxygens (including phenoxy) is 2. The van der Waals surface area contributed by atoms with Crippen LogP contribution in [0.25, 0.3) is 11.1 Å². The third kappa shape index (κ3) is 2.73. The second-order valence-electron chi connectivity index (χ2n) is 7.01. The van der Waals surface area contributed by atoms with Crippen molar-refractivity contribution in [2.24, 2.45) is 0 Å². The number of fused-ring (bicyclic) bond motifs is 1. The molecule has 6 heteroatoms. The van der Waals surface area contributed by atoms with E-state index in [4.69, 9.17) is 15.2 Å². The van der Waals surface area contributed by atoms with E-state index in [9.17, 15) is 9.18 Å². The Hall–Kier alpha value is -3.28. The molecular formula is C21H19FN2O3. The zero-order chi connectivity index (χ0) is 19.3. The summed E-state index contributed by atoms with van der Waals surface area (Å²) in [5.74, 6) is 0.332. The molecule has 2 aromatic rings. The van der Waals surface area contributed by atoms with E-state index in [1.54, 1.807) is 19.2 Å². The van der Waals surface area contributed by atoms with Gasteiger partial charge in [0.2, 0.25) is 0 Å². The molecule has 3 N–H and O–H groups in total. The molecule has 2 aromatic carbocycles. The Kier molecular flexibility index (Phi) is 3.73. The largest absolute Gasteiger partial charge is 0.495 e. The Morgan fingerprint density at radius 1 is 1.19 bits per heavy atom. The molecule has 1 amide bonds. The number of amides is 1. The highest BCUT2D eigenvalue weighted by molar-refractivity contribution is 6.32. The number of nitrogens with one attached hydrogen (secondary N) is 1. The average Bonchev–Trinajstić information content (AvgIpc) is 3.09. The minimum Gasteiger partial charge on any atom is -0.495 e. The van der Waals surface area contributed by atoms with Crippen molar-refractivity contribution in [2.45, 2.75) is 19.4 Å². The van der Waals surface area contributed by atoms with Gasteiger partial charge < -0.3 is 20.5 Å². The molecule has 5 nitrogen and oxygen atoms in total. The molecular weight excluding hydrogens is 347 g/mol. The fourth-order valence-electron chi connectivity index (χ4n) is 3.51. The lowest BCUT2D eigenvalue weighted by Crippen LogP contribution is -2.21. The zero-order valence-electron chi connectivity index (χ0n) is 15.2. The fourth-order valence-corrected chi connectivity index (χ4v) is 3.51. The normalized spacial score (nSPS) is 20.0. The molecule has 0 saturated carbocycles. The van der Waals surface area contributed by atoms with E-state index < -0.39 is 11.4 Å². The summed E-state index contributed by atoms with van der Waals surface area (Å²) in [4.78, 5) is 12.5. The topological polar surface area (TPSA) is 73.6 Å². The molecule has 27 heavy (non-hydrogen) atoms. The van der Waals surface area contributed by atoms with Crippen molar-refractivity contribution in [1.29, 1.82) is 0 Å². The Morgan fingerprint density at radius 3 is 2.67 bits per heavy atom. The van der Waals surface area contributed by atoms with Crippen molar-refractivity contribution in [3.8, 4) is 5.75 Å². The number of nitrogens with two attached hydrogens (primary N) is 1. The van der Waals surface area contributed by atoms with Gasteiger partial charge >= 0.3 is 0 Å². The number of hydrogen-bond donors (Lipinski definition) is 2. The molecule has 4 rings (SSSR count). The molecule has 0 atom stereocenters. The van der Waals surface area contributed by atoms with Crippen LogP contribution in [0.5, 0.6) is 5.75 Å². The lowest BCUT2D eigenvalue weighted by Gasteiger charge is -2.24. The van der Waals surface area contributed by atoms with Gasteiger partial charge in [-0.1, -0.05) is 6.07 Å². The Balaban J connectivity index is 1.84. The van der Waals surface area contributed by atoms with Gasteiger partial charge in [-0.15, -0.1) is 0 Å². The lowest BCUT2D eigenvalue weighted by atomic mass is 9.92. The number of nitrogen functional groups attached to an aromatic ring is 1. The monoisotopic (exact) mass is 366 g/mol. The van der Waals surface area contributed by atoms with Crippen molar-refractivity contribution in [3.63, 3.8) is 0 Å². The Morgan fingerprint density at radius 2 is 1.96 bits per heavy atom. The van der Waals surface area contributed by atoms with Crippen LogP contribution in [-0.4, -0.2) is 18.6 Å². The van der Waals surface area contributed by atoms with Crippen molar-refractivity contribution >= 4 is 28.4 Å². The summed E-state index contributed by atoms with van der Waals surface area (Å²) in [5.41, 5.74) is 9.14. The summed E-state index contributed by atoms with van der Waals surface area (Å²) in [6, 6.07) is 9.73. The quantitative estimate of drug-likeness (QED) is 0.623. The number of rotatable bonds is 2. The third-order valence-corrected chi connectivity index (χ3v) is 4.80. The van der Waals surface area contributed by atoms with Crippen LogP contribution in [0.1, 0.15) is 25.0 Å². The summed E-state index contributed by atoms with van der Waals surface area (Å²) in [7, 11) is 1.56. The van der Waals surface area contributed by atoms with Crippen molar-refractivity contribution < 1.29 is 18.7 Å². The van der Waals surface area contributed by atoms with Gasteiger partial charge in [-0.05, 0) is 55.8 Å². The molecule has 0 bridgehead atoms. The van der Waals surface area contributed by atoms with Crippen LogP contribution >= 0.6 is 0 Å². The van der Waals surface area contributed by atoms with Crippen LogP contribution in [0.2, 0.25) is 0 Å². The number of halogens is 1. The van der Waals surface area contributed by atoms with Crippen LogP contribution in [0.3, 0.4) is 0 Å². The third-order valence-electron chi connectivity index (χ3n) is 4.80. The number of carbonyl (C=O) groups is 1. The van der Waals surface area contributed by atoms with Gasteiger partial charge in [-0.25, -0.2) is 4.39 Å². The molecule has 0 unspecified atom stereocenters. The van der Waals surface area contributed by atoms with Gasteiger partial charge in [0.15, 0.2) is 0 Å². The van der Waals surface area contributed by atoms with Gasteiger partial charge in [0.1, 0.15) is 22.9 Å². The van der Waals surface area contributed by atoms with E-state index in [1.807, 2.05) is 32.1 Å². The Labute approximate surface area is 156 Å². The Bertz CT molecular complexity index is 1040. The van der Waals surface area contributed by atoms with Gasteiger partial charge in [0, 0.05) is 11.1 Å². The highest BCUT2D eigenvalue weighted by Crippen LogP contribution is 2.45. The number of allylic oxidation sites excluding steroid dienone is 1. The first-order chi connectivity index (χ1) is 12.8. The molecule has 138 valence electrons. The predicted molar refractivity (Wildman–Crippen MR) is 102 cm³/mol. The molecule has 0 aliphatic carbocycles. The minimum absolute atomic E-state index is 0.312. The first-order valence-electron chi connectivity index (χ1n) is 8.51. The highest BCUT2D eigenvalue weighted by atomic mass is 19.1. The number of benzene rings is 2. The van der Waals surface area contributed by atoms with Crippen molar-refractivity contribution in [3.05, 3.63) is 65.2 Å². The zero-order valence-corrected chi connectivity index (χ0v) is 15.2. The van der Waals surface area contributed by atoms with Gasteiger partial charge in [0.05, 0.1) is 24.1 Å². The fraction of sp³-hybridized carbons (Fsp3) is 0.190. The summed E-state index contributed by atoms with van der Waals surface area (Å²) < 4.78 is 24.8. The SMILES string of the molecule is COc1ccc(C2=C/C(=C3\C(=O)Nc4cc(F)ccc43)OC2(C)C)cc1N. The maximum atomic E-state index is 13.5. The highest BCUT2D eigenvalue weighted by Gasteiger charge is 2.38. The van der Waals surface area contributed by atoms with E-state index in [2.05, 4.69) is 5.32 Å². The summed E-state index contributed by atoms with van der Waals surface area (Å²) in [5, 5.41) is 2.69. The maximum absolute atomic E-state index is 13.5. The van der Waals surface area contributed by atoms with Crippen molar-refractivity contribution in [1.82, 2.24) is 0 Å². The predicted octanol–water partition coefficient (Wildman–Crippen LogP) is 3.97. The van der Waals surface area contributed by atoms with E-state index >= 15 is 0 Å². The van der Waals surface area contributed by atoms with Crippen LogP contribution in [-0.2, 0) is 9.53 Å². The van der Waals surface area contributed by atoms with Gasteiger partial charge in [-0.3, -0.25) is 4.79 Å². The molecule has 0 radical (unpaired) electrons. The molecule has 2 heterocycles. The van der Waals surface area contributed by atoms with E-state index in [0.29, 0.717) is 34.0 Å². The van der Waals surface area contributed by atoms with Crippen molar-refractivity contribution in [2.75, 3.05) is 18.2 Å². The number of anilines is 2. The molecule has 0 saturated heterocycles. The van der Waals surface area contributed by atoms with Gasteiger partial charge in [0.25, 0.3) is 5.91 Å². The van der Waals surface area contributed by atoms with E-state index in [0.717, 1.165) is 11.1 Å². The minimum atomic E-state index is -0.660. The smallest absolute Gasteiger partial charge is 0.260 e. The second kappa shape index (κ2) is 5.87. The first kappa shape index (κ1) is 17.1. The standard InChI is InChI=1S/C21H19FN2O3/c1-21(2)14(11-4-7-17(26-3)15(23)8-11)10-18(27-21)19-13-6-5-12(22)9-16(13)24-20(19)25/h4-10H,23H2,1-3H3,(H,24,25)/b19-18+. The van der Waals surface area contributed by atoms with Crippen LogP contribution in [0, 0.1) is 5.82 Å². The van der Waals surface area contributed by atoms with E-state index in [-0.39, 0.29) is 5.91 Å². The number of hydrogen-bond acceptors (Lipinski definition) is 4. The molecule has 0 spiro atoms. The molecule has 0 aromatic heterocycles. The maximum Gasteiger partial charge on any atom is 0.260 e. The van der Waals surface area contributed by atoms with Gasteiger partial charge in [-0.2, -0.15) is 0 Å². The summed E-state index contributed by atoms with van der Waals surface area (Å²) >= 11 is 0. The molecule has 0 fully saturated rings. The number of carbonyl (C=O) groups excluding carboxylic acids is 1. The van der Waals surface area contributed by atoms with Crippen LogP contribution in [0.4, 0.5) is 15.8 Å². The lowest BCUT2D eigenvalue weighted by molar-refractivity contribution is -0.111. The summed E-state index contributed by atoms with van der Waals surface area (Å²) in [6.45, 7) is 3.84. The average molecular weight is 366 g/mol. The van der Waals surface area contributed by atoms with Crippen LogP contribution < -0.4 is 15.8 Å². The van der Waals surface area contributed by atoms with E-state index in [1.165, 1.54) is 12.1 Å². The van der Waals surface area contributed by atoms with Crippen LogP contribution in [0.15, 0.2) is 48.2 Å².